The lowest BCUT2D eigenvalue weighted by molar-refractivity contribution is 0.0636. The zero-order chi connectivity index (χ0) is 14.9. The second-order valence-electron chi connectivity index (χ2n) is 5.68. The van der Waals surface area contributed by atoms with Crippen molar-refractivity contribution >= 4 is 22.7 Å². The Morgan fingerprint density at radius 1 is 1.35 bits per heavy atom. The minimum Gasteiger partial charge on any atom is -0.444 e. The lowest BCUT2D eigenvalue weighted by atomic mass is 10.2. The molecule has 2 aromatic rings. The third kappa shape index (κ3) is 2.77. The van der Waals surface area contributed by atoms with Gasteiger partial charge in [0.1, 0.15) is 5.60 Å². The van der Waals surface area contributed by atoms with Crippen molar-refractivity contribution in [2.75, 3.05) is 5.32 Å². The minimum atomic E-state index is -0.561. The number of nitrogens with zero attached hydrogens (tertiary/aromatic N) is 1. The summed E-state index contributed by atoms with van der Waals surface area (Å²) >= 11 is 0. The molecule has 0 aliphatic rings. The molecule has 2 N–H and O–H groups in total. The van der Waals surface area contributed by atoms with Crippen molar-refractivity contribution in [3.63, 3.8) is 0 Å². The van der Waals surface area contributed by atoms with E-state index in [1.807, 2.05) is 56.7 Å². The Labute approximate surface area is 118 Å². The van der Waals surface area contributed by atoms with E-state index < -0.39 is 11.7 Å². The number of hydrogen-bond acceptors (Lipinski definition) is 3. The Morgan fingerprint density at radius 2 is 2.00 bits per heavy atom. The van der Waals surface area contributed by atoms with Gasteiger partial charge >= 0.3 is 6.09 Å². The Bertz CT molecular complexity index is 638. The third-order valence-electron chi connectivity index (χ3n) is 3.00. The number of aliphatic hydroxyl groups is 1. The van der Waals surface area contributed by atoms with Crippen LogP contribution in [0.15, 0.2) is 24.3 Å². The summed E-state index contributed by atoms with van der Waals surface area (Å²) in [6, 6.07) is 7.65. The molecule has 0 radical (unpaired) electrons. The highest BCUT2D eigenvalue weighted by Gasteiger charge is 2.20. The van der Waals surface area contributed by atoms with Gasteiger partial charge in [0.05, 0.1) is 23.5 Å². The van der Waals surface area contributed by atoms with Crippen LogP contribution in [0.1, 0.15) is 26.5 Å². The van der Waals surface area contributed by atoms with Crippen LogP contribution >= 0.6 is 0 Å². The largest absolute Gasteiger partial charge is 0.444 e. The highest BCUT2D eigenvalue weighted by molar-refractivity contribution is 6.01. The predicted molar refractivity (Wildman–Crippen MR) is 78.7 cm³/mol. The van der Waals surface area contributed by atoms with Gasteiger partial charge in [0.15, 0.2) is 0 Å². The lowest BCUT2D eigenvalue weighted by Crippen LogP contribution is -2.27. The number of rotatable bonds is 2. The molecular formula is C15H20N2O3. The van der Waals surface area contributed by atoms with Crippen LogP contribution in [0.2, 0.25) is 0 Å². The first-order chi connectivity index (χ1) is 9.33. The highest BCUT2D eigenvalue weighted by atomic mass is 16.6. The molecule has 1 aromatic carbocycles. The maximum atomic E-state index is 11.9. The molecule has 0 aliphatic carbocycles. The van der Waals surface area contributed by atoms with Crippen LogP contribution in [-0.2, 0) is 18.4 Å². The van der Waals surface area contributed by atoms with Gasteiger partial charge in [0, 0.05) is 12.4 Å². The topological polar surface area (TPSA) is 63.5 Å². The molecule has 5 nitrogen and oxygen atoms in total. The number of carbonyl (C=O) groups excluding carboxylic acids is 1. The maximum Gasteiger partial charge on any atom is 0.412 e. The summed E-state index contributed by atoms with van der Waals surface area (Å²) in [7, 11) is 1.86. The highest BCUT2D eigenvalue weighted by Crippen LogP contribution is 2.30. The summed E-state index contributed by atoms with van der Waals surface area (Å²) in [5.74, 6) is 0. The number of fused-ring (bicyclic) bond motifs is 1. The van der Waals surface area contributed by atoms with Gasteiger partial charge in [-0.1, -0.05) is 18.2 Å². The standard InChI is InChI=1S/C15H20N2O3/c1-15(2,3)20-14(19)16-13-10-7-5-6-8-11(10)17(4)12(13)9-18/h5-8,18H,9H2,1-4H3,(H,16,19). The average molecular weight is 276 g/mol. The normalized spacial score (nSPS) is 11.7. The van der Waals surface area contributed by atoms with E-state index in [1.54, 1.807) is 0 Å². The minimum absolute atomic E-state index is 0.156. The SMILES string of the molecule is Cn1c(CO)c(NC(=O)OC(C)(C)C)c2ccccc21. The van der Waals surface area contributed by atoms with Crippen LogP contribution in [0.5, 0.6) is 0 Å². The summed E-state index contributed by atoms with van der Waals surface area (Å²) in [6.07, 6.45) is -0.524. The zero-order valence-corrected chi connectivity index (χ0v) is 12.2. The van der Waals surface area contributed by atoms with Crippen LogP contribution in [-0.4, -0.2) is 21.4 Å². The number of anilines is 1. The number of benzene rings is 1. The molecule has 2 rings (SSSR count). The van der Waals surface area contributed by atoms with Crippen molar-refractivity contribution in [3.8, 4) is 0 Å². The summed E-state index contributed by atoms with van der Waals surface area (Å²) in [5, 5.41) is 13.2. The number of amides is 1. The van der Waals surface area contributed by atoms with E-state index in [1.165, 1.54) is 0 Å². The predicted octanol–water partition coefficient (Wildman–Crippen LogP) is 3.02. The van der Waals surface area contributed by atoms with Crippen LogP contribution < -0.4 is 5.32 Å². The number of aliphatic hydroxyl groups excluding tert-OH is 1. The van der Waals surface area contributed by atoms with Crippen molar-refractivity contribution in [2.24, 2.45) is 7.05 Å². The number of nitrogens with one attached hydrogen (secondary N) is 1. The number of aromatic nitrogens is 1. The van der Waals surface area contributed by atoms with Gasteiger partial charge in [-0.25, -0.2) is 4.79 Å². The molecular weight excluding hydrogens is 256 g/mol. The third-order valence-corrected chi connectivity index (χ3v) is 3.00. The van der Waals surface area contributed by atoms with Crippen molar-refractivity contribution in [1.29, 1.82) is 0 Å². The lowest BCUT2D eigenvalue weighted by Gasteiger charge is -2.19. The smallest absolute Gasteiger partial charge is 0.412 e. The van der Waals surface area contributed by atoms with Crippen molar-refractivity contribution < 1.29 is 14.6 Å². The number of ether oxygens (including phenoxy) is 1. The molecule has 0 aliphatic heterocycles. The van der Waals surface area contributed by atoms with E-state index in [9.17, 15) is 9.90 Å². The van der Waals surface area contributed by atoms with Gasteiger partial charge in [0.25, 0.3) is 0 Å². The fourth-order valence-electron chi connectivity index (χ4n) is 2.18. The van der Waals surface area contributed by atoms with E-state index >= 15 is 0 Å². The van der Waals surface area contributed by atoms with Gasteiger partial charge in [-0.15, -0.1) is 0 Å². The van der Waals surface area contributed by atoms with Gasteiger partial charge in [-0.2, -0.15) is 0 Å². The van der Waals surface area contributed by atoms with Crippen LogP contribution in [0, 0.1) is 0 Å². The van der Waals surface area contributed by atoms with Crippen molar-refractivity contribution in [1.82, 2.24) is 4.57 Å². The molecule has 1 aromatic heterocycles. The van der Waals surface area contributed by atoms with Crippen LogP contribution in [0.3, 0.4) is 0 Å². The number of carbonyl (C=O) groups is 1. The molecule has 0 unspecified atom stereocenters. The Balaban J connectivity index is 2.41. The second-order valence-corrected chi connectivity index (χ2v) is 5.68. The van der Waals surface area contributed by atoms with E-state index in [0.717, 1.165) is 10.9 Å². The average Bonchev–Trinajstić information content (AvgIpc) is 2.61. The van der Waals surface area contributed by atoms with Gasteiger partial charge < -0.3 is 14.4 Å². The molecule has 0 saturated heterocycles. The molecule has 0 atom stereocenters. The first-order valence-corrected chi connectivity index (χ1v) is 6.50. The van der Waals surface area contributed by atoms with Gasteiger partial charge in [0.2, 0.25) is 0 Å². The number of para-hydroxylation sites is 1. The van der Waals surface area contributed by atoms with Crippen molar-refractivity contribution in [3.05, 3.63) is 30.0 Å². The number of hydrogen-bond donors (Lipinski definition) is 2. The second kappa shape index (κ2) is 5.17. The van der Waals surface area contributed by atoms with E-state index in [4.69, 9.17) is 4.74 Å². The summed E-state index contributed by atoms with van der Waals surface area (Å²) in [4.78, 5) is 11.9. The molecule has 1 amide bonds. The fourth-order valence-corrected chi connectivity index (χ4v) is 2.18. The first kappa shape index (κ1) is 14.4. The van der Waals surface area contributed by atoms with Crippen LogP contribution in [0.25, 0.3) is 10.9 Å². The summed E-state index contributed by atoms with van der Waals surface area (Å²) in [6.45, 7) is 5.27. The molecule has 0 spiro atoms. The van der Waals surface area contributed by atoms with Crippen LogP contribution in [0.4, 0.5) is 10.5 Å². The fraction of sp³-hybridized carbons (Fsp3) is 0.400. The Kier molecular flexibility index (Phi) is 3.72. The molecule has 1 heterocycles. The molecule has 0 fully saturated rings. The molecule has 20 heavy (non-hydrogen) atoms. The van der Waals surface area contributed by atoms with E-state index in [-0.39, 0.29) is 6.61 Å². The van der Waals surface area contributed by atoms with Crippen molar-refractivity contribution in [2.45, 2.75) is 33.0 Å². The molecule has 0 saturated carbocycles. The Hall–Kier alpha value is -2.01. The quantitative estimate of drug-likeness (QED) is 0.886. The summed E-state index contributed by atoms with van der Waals surface area (Å²) < 4.78 is 7.12. The molecule has 5 heteroatoms. The molecule has 108 valence electrons. The molecule has 0 bridgehead atoms. The zero-order valence-electron chi connectivity index (χ0n) is 12.2. The monoisotopic (exact) mass is 276 g/mol. The number of aryl methyl sites for hydroxylation is 1. The first-order valence-electron chi connectivity index (χ1n) is 6.50. The van der Waals surface area contributed by atoms with E-state index in [0.29, 0.717) is 11.4 Å². The maximum absolute atomic E-state index is 11.9. The Morgan fingerprint density at radius 3 is 2.60 bits per heavy atom. The van der Waals surface area contributed by atoms with Gasteiger partial charge in [-0.05, 0) is 26.8 Å². The van der Waals surface area contributed by atoms with E-state index in [2.05, 4.69) is 5.32 Å². The summed E-state index contributed by atoms with van der Waals surface area (Å²) in [5.41, 5.74) is 1.63. The van der Waals surface area contributed by atoms with Gasteiger partial charge in [-0.3, -0.25) is 5.32 Å².